The van der Waals surface area contributed by atoms with Crippen molar-refractivity contribution in [3.63, 3.8) is 0 Å². The highest BCUT2D eigenvalue weighted by atomic mass is 33.1. The highest BCUT2D eigenvalue weighted by molar-refractivity contribution is 8.77. The van der Waals surface area contributed by atoms with Gasteiger partial charge in [0.2, 0.25) is 0 Å². The van der Waals surface area contributed by atoms with Gasteiger partial charge in [-0.05, 0) is 51.9 Å². The maximum atomic E-state index is 10.4. The predicted molar refractivity (Wildman–Crippen MR) is 100 cm³/mol. The molecule has 1 aliphatic rings. The minimum Gasteiger partial charge on any atom is -0.481 e. The van der Waals surface area contributed by atoms with E-state index >= 15 is 0 Å². The molecule has 2 N–H and O–H groups in total. The fraction of sp³-hybridized carbons (Fsp3) is 0.941. The molecule has 0 aromatic rings. The number of aliphatic carboxylic acids is 1. The van der Waals surface area contributed by atoms with Crippen LogP contribution in [-0.2, 0) is 14.3 Å². The van der Waals surface area contributed by atoms with Gasteiger partial charge in [0, 0.05) is 30.6 Å². The number of aliphatic hydroxyl groups excluding tert-OH is 1. The molecule has 0 bridgehead atoms. The van der Waals surface area contributed by atoms with Crippen LogP contribution in [0.5, 0.6) is 0 Å². The van der Waals surface area contributed by atoms with Crippen LogP contribution in [0, 0.1) is 0 Å². The van der Waals surface area contributed by atoms with Crippen molar-refractivity contribution in [3.8, 4) is 0 Å². The average molecular weight is 381 g/mol. The molecule has 1 aliphatic heterocycles. The molecule has 1 rings (SSSR count). The van der Waals surface area contributed by atoms with E-state index in [4.69, 9.17) is 14.6 Å². The third kappa shape index (κ3) is 12.4. The largest absolute Gasteiger partial charge is 0.481 e. The molecule has 1 saturated heterocycles. The van der Waals surface area contributed by atoms with Gasteiger partial charge in [0.05, 0.1) is 6.10 Å². The van der Waals surface area contributed by atoms with Crippen molar-refractivity contribution in [2.24, 2.45) is 0 Å². The van der Waals surface area contributed by atoms with Crippen LogP contribution in [-0.4, -0.2) is 52.8 Å². The van der Waals surface area contributed by atoms with Crippen LogP contribution >= 0.6 is 21.6 Å². The minimum absolute atomic E-state index is 0.0240. The Labute approximate surface area is 153 Å². The van der Waals surface area contributed by atoms with Crippen molar-refractivity contribution in [1.82, 2.24) is 0 Å². The summed E-state index contributed by atoms with van der Waals surface area (Å²) in [5, 5.41) is 19.2. The monoisotopic (exact) mass is 380 g/mol. The van der Waals surface area contributed by atoms with Crippen LogP contribution in [0.25, 0.3) is 0 Å². The molecule has 24 heavy (non-hydrogen) atoms. The Morgan fingerprint density at radius 2 is 1.92 bits per heavy atom. The smallest absolute Gasteiger partial charge is 0.303 e. The van der Waals surface area contributed by atoms with Gasteiger partial charge in [-0.15, -0.1) is 0 Å². The summed E-state index contributed by atoms with van der Waals surface area (Å²) >= 11 is 0. The molecule has 0 amide bonds. The number of hydrogen-bond donors (Lipinski definition) is 2. The number of rotatable bonds is 15. The Kier molecular flexibility index (Phi) is 13.1. The summed E-state index contributed by atoms with van der Waals surface area (Å²) in [4.78, 5) is 10.4. The van der Waals surface area contributed by atoms with E-state index in [9.17, 15) is 9.90 Å². The van der Waals surface area contributed by atoms with Gasteiger partial charge >= 0.3 is 5.97 Å². The number of carboxylic acids is 1. The van der Waals surface area contributed by atoms with Crippen LogP contribution in [0.2, 0.25) is 0 Å². The molecule has 3 atom stereocenters. The van der Waals surface area contributed by atoms with Crippen LogP contribution in [0.15, 0.2) is 0 Å². The third-order valence-corrected chi connectivity index (χ3v) is 6.98. The first-order chi connectivity index (χ1) is 11.6. The molecule has 0 radical (unpaired) electrons. The molecule has 0 spiro atoms. The van der Waals surface area contributed by atoms with Crippen molar-refractivity contribution in [2.45, 2.75) is 82.4 Å². The van der Waals surface area contributed by atoms with E-state index in [0.29, 0.717) is 26.1 Å². The summed E-state index contributed by atoms with van der Waals surface area (Å²) in [6, 6.07) is 0. The zero-order chi connectivity index (χ0) is 17.6. The Morgan fingerprint density at radius 3 is 2.58 bits per heavy atom. The molecule has 5 nitrogen and oxygen atoms in total. The van der Waals surface area contributed by atoms with E-state index < -0.39 is 12.3 Å². The summed E-state index contributed by atoms with van der Waals surface area (Å²) in [6.45, 7) is 3.05. The van der Waals surface area contributed by atoms with Gasteiger partial charge in [0.15, 0.2) is 6.29 Å². The molecule has 0 aliphatic carbocycles. The van der Waals surface area contributed by atoms with Gasteiger partial charge in [-0.25, -0.2) is 0 Å². The summed E-state index contributed by atoms with van der Waals surface area (Å²) in [7, 11) is 3.99. The van der Waals surface area contributed by atoms with Crippen molar-refractivity contribution < 1.29 is 24.5 Å². The highest BCUT2D eigenvalue weighted by Gasteiger charge is 2.16. The molecule has 0 aromatic carbocycles. The predicted octanol–water partition coefficient (Wildman–Crippen LogP) is 4.09. The van der Waals surface area contributed by atoms with Gasteiger partial charge in [-0.3, -0.25) is 4.79 Å². The Morgan fingerprint density at radius 1 is 1.17 bits per heavy atom. The number of unbranched alkanes of at least 4 members (excludes halogenated alkanes) is 2. The van der Waals surface area contributed by atoms with Gasteiger partial charge < -0.3 is 19.7 Å². The topological polar surface area (TPSA) is 76.0 Å². The molecular weight excluding hydrogens is 348 g/mol. The second kappa shape index (κ2) is 14.2. The van der Waals surface area contributed by atoms with Crippen molar-refractivity contribution in [3.05, 3.63) is 0 Å². The zero-order valence-electron chi connectivity index (χ0n) is 14.7. The molecule has 0 saturated carbocycles. The minimum atomic E-state index is -0.784. The summed E-state index contributed by atoms with van der Waals surface area (Å²) < 4.78 is 11.0. The molecule has 142 valence electrons. The van der Waals surface area contributed by atoms with E-state index in [1.807, 2.05) is 28.5 Å². The Hall–Kier alpha value is 0.0500. The second-order valence-corrected chi connectivity index (χ2v) is 9.05. The van der Waals surface area contributed by atoms with Crippen LogP contribution in [0.1, 0.15) is 64.7 Å². The molecule has 1 heterocycles. The normalized spacial score (nSPS) is 20.2. The summed E-state index contributed by atoms with van der Waals surface area (Å²) in [5.41, 5.74) is 0. The molecule has 0 aromatic heterocycles. The Balaban J connectivity index is 1.83. The SMILES string of the molecule is CC(CCC(=O)O)OCCCCOC(O)CCCCC1CCSS1. The van der Waals surface area contributed by atoms with Crippen LogP contribution in [0.3, 0.4) is 0 Å². The maximum absolute atomic E-state index is 10.4. The number of aliphatic hydroxyl groups is 1. The first-order valence-electron chi connectivity index (χ1n) is 8.99. The lowest BCUT2D eigenvalue weighted by atomic mass is 10.1. The molecule has 1 fully saturated rings. The molecule has 7 heteroatoms. The number of ether oxygens (including phenoxy) is 2. The summed E-state index contributed by atoms with van der Waals surface area (Å²) in [5.74, 6) is 0.497. The standard InChI is InChI=1S/C17H32O5S2/c1-14(8-9-16(18)19)21-11-4-5-12-22-17(20)7-3-2-6-15-10-13-23-24-15/h14-15,17,20H,2-13H2,1H3,(H,18,19). The molecular formula is C17H32O5S2. The van der Waals surface area contributed by atoms with Gasteiger partial charge in [0.1, 0.15) is 0 Å². The van der Waals surface area contributed by atoms with Crippen molar-refractivity contribution >= 4 is 27.6 Å². The quantitative estimate of drug-likeness (QED) is 0.252. The van der Waals surface area contributed by atoms with E-state index in [-0.39, 0.29) is 12.5 Å². The van der Waals surface area contributed by atoms with E-state index in [2.05, 4.69) is 0 Å². The van der Waals surface area contributed by atoms with E-state index in [1.165, 1.54) is 25.0 Å². The number of hydrogen-bond acceptors (Lipinski definition) is 6. The van der Waals surface area contributed by atoms with Crippen LogP contribution in [0.4, 0.5) is 0 Å². The molecule has 3 unspecified atom stereocenters. The van der Waals surface area contributed by atoms with E-state index in [1.54, 1.807) is 0 Å². The van der Waals surface area contributed by atoms with Gasteiger partial charge in [-0.2, -0.15) is 0 Å². The van der Waals surface area contributed by atoms with Crippen molar-refractivity contribution in [1.29, 1.82) is 0 Å². The fourth-order valence-corrected chi connectivity index (χ4v) is 5.48. The third-order valence-electron chi connectivity index (χ3n) is 3.97. The number of carbonyl (C=O) groups is 1. The first kappa shape index (κ1) is 22.1. The highest BCUT2D eigenvalue weighted by Crippen LogP contribution is 2.39. The zero-order valence-corrected chi connectivity index (χ0v) is 16.3. The van der Waals surface area contributed by atoms with Crippen LogP contribution < -0.4 is 0 Å². The number of carboxylic acid groups (broad SMARTS) is 1. The van der Waals surface area contributed by atoms with E-state index in [0.717, 1.165) is 24.5 Å². The first-order valence-corrected chi connectivity index (χ1v) is 11.4. The summed E-state index contributed by atoms with van der Waals surface area (Å²) in [6.07, 6.45) is 7.21. The van der Waals surface area contributed by atoms with Crippen molar-refractivity contribution in [2.75, 3.05) is 19.0 Å². The lowest BCUT2D eigenvalue weighted by Gasteiger charge is -2.14. The second-order valence-electron chi connectivity index (χ2n) is 6.26. The Bertz CT molecular complexity index is 324. The fourth-order valence-electron chi connectivity index (χ4n) is 2.46. The van der Waals surface area contributed by atoms with Gasteiger partial charge in [-0.1, -0.05) is 28.0 Å². The maximum Gasteiger partial charge on any atom is 0.303 e. The average Bonchev–Trinajstić information content (AvgIpc) is 3.06. The lowest BCUT2D eigenvalue weighted by Crippen LogP contribution is -2.14. The lowest BCUT2D eigenvalue weighted by molar-refractivity contribution is -0.137. The van der Waals surface area contributed by atoms with Gasteiger partial charge in [0.25, 0.3) is 0 Å².